The van der Waals surface area contributed by atoms with Gasteiger partial charge in [-0.15, -0.1) is 0 Å². The maximum atomic E-state index is 13.5. The van der Waals surface area contributed by atoms with Crippen LogP contribution >= 0.6 is 0 Å². The minimum absolute atomic E-state index is 0.160. The number of halogens is 1. The lowest BCUT2D eigenvalue weighted by atomic mass is 10.1. The molecule has 0 saturated carbocycles. The highest BCUT2D eigenvalue weighted by Gasteiger charge is 2.20. The molecule has 3 aromatic heterocycles. The highest BCUT2D eigenvalue weighted by molar-refractivity contribution is 6.00. The summed E-state index contributed by atoms with van der Waals surface area (Å²) in [5.74, 6) is 0.726. The van der Waals surface area contributed by atoms with Crippen LogP contribution in [0.15, 0.2) is 75.9 Å². The summed E-state index contributed by atoms with van der Waals surface area (Å²) in [4.78, 5) is 22.8. The lowest BCUT2D eigenvalue weighted by molar-refractivity contribution is 0.414. The van der Waals surface area contributed by atoms with Gasteiger partial charge in [0.15, 0.2) is 5.65 Å². The molecule has 7 heteroatoms. The Labute approximate surface area is 174 Å². The van der Waals surface area contributed by atoms with Crippen LogP contribution in [0.4, 0.5) is 4.39 Å². The largest absolute Gasteiger partial charge is 0.497 e. The van der Waals surface area contributed by atoms with Crippen LogP contribution < -0.4 is 10.2 Å². The molecular weight excluding hydrogens is 397 g/mol. The Morgan fingerprint density at radius 3 is 2.61 bits per heavy atom. The van der Waals surface area contributed by atoms with E-state index in [2.05, 4.69) is 4.98 Å². The van der Waals surface area contributed by atoms with Crippen LogP contribution in [0.1, 0.15) is 0 Å². The van der Waals surface area contributed by atoms with Crippen LogP contribution in [0.3, 0.4) is 0 Å². The fourth-order valence-electron chi connectivity index (χ4n) is 3.91. The predicted molar refractivity (Wildman–Crippen MR) is 116 cm³/mol. The Kier molecular flexibility index (Phi) is 3.61. The number of hydrogen-bond donors (Lipinski definition) is 0. The highest BCUT2D eigenvalue weighted by Crippen LogP contribution is 2.30. The summed E-state index contributed by atoms with van der Waals surface area (Å²) < 4.78 is 26.7. The molecule has 0 spiro atoms. The number of aromatic nitrogens is 3. The second-order valence-electron chi connectivity index (χ2n) is 7.18. The van der Waals surface area contributed by atoms with E-state index in [0.29, 0.717) is 39.1 Å². The summed E-state index contributed by atoms with van der Waals surface area (Å²) in [6, 6.07) is 18.6. The van der Waals surface area contributed by atoms with Gasteiger partial charge in [-0.3, -0.25) is 9.20 Å². The third-order valence-electron chi connectivity index (χ3n) is 5.39. The molecule has 0 bridgehead atoms. The average Bonchev–Trinajstić information content (AvgIpc) is 3.18. The molecule has 0 aliphatic rings. The number of fused-ring (bicyclic) bond motifs is 6. The van der Waals surface area contributed by atoms with Gasteiger partial charge < -0.3 is 9.15 Å². The van der Waals surface area contributed by atoms with Crippen molar-refractivity contribution >= 4 is 38.7 Å². The molecule has 31 heavy (non-hydrogen) atoms. The van der Waals surface area contributed by atoms with E-state index >= 15 is 0 Å². The van der Waals surface area contributed by atoms with Crippen LogP contribution in [-0.4, -0.2) is 21.5 Å². The molecule has 3 aromatic carbocycles. The lowest BCUT2D eigenvalue weighted by Crippen LogP contribution is -2.08. The number of ether oxygens (including phenoxy) is 1. The van der Waals surface area contributed by atoms with Gasteiger partial charge in [0.1, 0.15) is 28.4 Å². The zero-order chi connectivity index (χ0) is 21.1. The number of para-hydroxylation sites is 2. The van der Waals surface area contributed by atoms with Crippen molar-refractivity contribution in [2.45, 2.75) is 0 Å². The highest BCUT2D eigenvalue weighted by atomic mass is 19.1. The molecule has 0 saturated heterocycles. The molecule has 3 heterocycles. The minimum Gasteiger partial charge on any atom is -0.497 e. The Morgan fingerprint density at radius 1 is 1.00 bits per heavy atom. The van der Waals surface area contributed by atoms with E-state index < -0.39 is 0 Å². The molecule has 0 aliphatic heterocycles. The standard InChI is InChI=1S/C24H14FN3O3/c1-30-15-10-11-16-19(12-15)31-24-20(21(16)29)23-26-17-4-2-3-5-18(17)28(23)22(27-24)13-6-8-14(25)9-7-13/h2-12H,1H3. The number of benzene rings is 3. The van der Waals surface area contributed by atoms with Gasteiger partial charge >= 0.3 is 0 Å². The van der Waals surface area contributed by atoms with Gasteiger partial charge in [-0.1, -0.05) is 12.1 Å². The first-order chi connectivity index (χ1) is 15.1. The van der Waals surface area contributed by atoms with Crippen molar-refractivity contribution in [3.05, 3.63) is 82.8 Å². The Bertz CT molecular complexity index is 1700. The summed E-state index contributed by atoms with van der Waals surface area (Å²) in [6.45, 7) is 0. The van der Waals surface area contributed by atoms with Gasteiger partial charge in [-0.25, -0.2) is 9.37 Å². The van der Waals surface area contributed by atoms with Gasteiger partial charge in [0, 0.05) is 11.6 Å². The fraction of sp³-hybridized carbons (Fsp3) is 0.0417. The van der Waals surface area contributed by atoms with Crippen molar-refractivity contribution < 1.29 is 13.5 Å². The first-order valence-electron chi connectivity index (χ1n) is 9.62. The molecule has 0 fully saturated rings. The number of methoxy groups -OCH3 is 1. The summed E-state index contributed by atoms with van der Waals surface area (Å²) in [6.07, 6.45) is 0. The van der Waals surface area contributed by atoms with Crippen molar-refractivity contribution in [3.8, 4) is 17.1 Å². The monoisotopic (exact) mass is 411 g/mol. The average molecular weight is 411 g/mol. The molecule has 6 nitrogen and oxygen atoms in total. The van der Waals surface area contributed by atoms with Crippen molar-refractivity contribution in [2.75, 3.05) is 7.11 Å². The molecular formula is C24H14FN3O3. The van der Waals surface area contributed by atoms with E-state index in [0.717, 1.165) is 11.0 Å². The number of hydrogen-bond acceptors (Lipinski definition) is 5. The van der Waals surface area contributed by atoms with Crippen molar-refractivity contribution in [3.63, 3.8) is 0 Å². The molecule has 0 N–H and O–H groups in total. The quantitative estimate of drug-likeness (QED) is 0.377. The zero-order valence-electron chi connectivity index (χ0n) is 16.3. The summed E-state index contributed by atoms with van der Waals surface area (Å²) >= 11 is 0. The van der Waals surface area contributed by atoms with E-state index in [1.807, 2.05) is 28.7 Å². The van der Waals surface area contributed by atoms with Crippen molar-refractivity contribution in [2.24, 2.45) is 0 Å². The Hall–Kier alpha value is -4.26. The van der Waals surface area contributed by atoms with Crippen LogP contribution in [0, 0.1) is 5.82 Å². The molecule has 6 aromatic rings. The van der Waals surface area contributed by atoms with E-state index in [-0.39, 0.29) is 17.0 Å². The second-order valence-corrected chi connectivity index (χ2v) is 7.18. The summed E-state index contributed by atoms with van der Waals surface area (Å²) in [5.41, 5.74) is 2.93. The number of nitrogens with zero attached hydrogens (tertiary/aromatic N) is 3. The molecule has 150 valence electrons. The summed E-state index contributed by atoms with van der Waals surface area (Å²) in [7, 11) is 1.55. The molecule has 0 amide bonds. The SMILES string of the molecule is COc1ccc2c(=O)c3c(nc(-c4ccc(F)cc4)n4c5ccccc5nc34)oc2c1. The van der Waals surface area contributed by atoms with Gasteiger partial charge in [0.2, 0.25) is 11.1 Å². The third-order valence-corrected chi connectivity index (χ3v) is 5.39. The smallest absolute Gasteiger partial charge is 0.236 e. The second kappa shape index (κ2) is 6.37. The maximum Gasteiger partial charge on any atom is 0.236 e. The van der Waals surface area contributed by atoms with E-state index in [9.17, 15) is 9.18 Å². The van der Waals surface area contributed by atoms with Crippen LogP contribution in [0.25, 0.3) is 50.1 Å². The Balaban J connectivity index is 1.84. The van der Waals surface area contributed by atoms with E-state index in [4.69, 9.17) is 14.1 Å². The minimum atomic E-state index is -0.346. The normalized spacial score (nSPS) is 11.7. The lowest BCUT2D eigenvalue weighted by Gasteiger charge is -2.09. The van der Waals surface area contributed by atoms with Gasteiger partial charge in [-0.2, -0.15) is 4.98 Å². The predicted octanol–water partition coefficient (Wildman–Crippen LogP) is 4.96. The van der Waals surface area contributed by atoms with E-state index in [1.165, 1.54) is 12.1 Å². The fourth-order valence-corrected chi connectivity index (χ4v) is 3.91. The first kappa shape index (κ1) is 17.6. The van der Waals surface area contributed by atoms with Crippen LogP contribution in [0.5, 0.6) is 5.75 Å². The molecule has 0 aliphatic carbocycles. The van der Waals surface area contributed by atoms with Crippen molar-refractivity contribution in [1.29, 1.82) is 0 Å². The molecule has 0 radical (unpaired) electrons. The third kappa shape index (κ3) is 2.53. The van der Waals surface area contributed by atoms with E-state index in [1.54, 1.807) is 37.4 Å². The Morgan fingerprint density at radius 2 is 1.81 bits per heavy atom. The number of rotatable bonds is 2. The molecule has 0 unspecified atom stereocenters. The van der Waals surface area contributed by atoms with Gasteiger partial charge in [-0.05, 0) is 48.5 Å². The molecule has 0 atom stereocenters. The maximum absolute atomic E-state index is 13.5. The zero-order valence-corrected chi connectivity index (χ0v) is 16.3. The summed E-state index contributed by atoms with van der Waals surface area (Å²) in [5, 5.41) is 0.707. The van der Waals surface area contributed by atoms with Crippen LogP contribution in [-0.2, 0) is 0 Å². The number of imidazole rings is 1. The molecule has 6 rings (SSSR count). The van der Waals surface area contributed by atoms with Crippen molar-refractivity contribution in [1.82, 2.24) is 14.4 Å². The topological polar surface area (TPSA) is 69.6 Å². The van der Waals surface area contributed by atoms with Gasteiger partial charge in [0.05, 0.1) is 23.5 Å². The van der Waals surface area contributed by atoms with Gasteiger partial charge in [0.25, 0.3) is 0 Å². The van der Waals surface area contributed by atoms with Crippen LogP contribution in [0.2, 0.25) is 0 Å². The first-order valence-corrected chi connectivity index (χ1v) is 9.62.